The molecule has 0 saturated heterocycles. The summed E-state index contributed by atoms with van der Waals surface area (Å²) < 4.78 is 24.4. The number of halogens is 2. The summed E-state index contributed by atoms with van der Waals surface area (Å²) in [5.41, 5.74) is 0.835. The van der Waals surface area contributed by atoms with Crippen LogP contribution in [0.4, 0.5) is 8.78 Å². The van der Waals surface area contributed by atoms with Gasteiger partial charge in [-0.25, -0.2) is 8.78 Å². The molecule has 0 amide bonds. The van der Waals surface area contributed by atoms with Crippen molar-refractivity contribution < 1.29 is 8.78 Å². The Balaban J connectivity index is 2.81. The van der Waals surface area contributed by atoms with E-state index in [1.807, 2.05) is 20.8 Å². The summed E-state index contributed by atoms with van der Waals surface area (Å²) in [6.45, 7) is 5.91. The van der Waals surface area contributed by atoms with Gasteiger partial charge in [0.15, 0.2) is 0 Å². The maximum absolute atomic E-state index is 12.2. The molecule has 0 aliphatic carbocycles. The Morgan fingerprint density at radius 3 is 2.31 bits per heavy atom. The van der Waals surface area contributed by atoms with Gasteiger partial charge in [-0.3, -0.25) is 0 Å². The zero-order valence-corrected chi connectivity index (χ0v) is 8.09. The van der Waals surface area contributed by atoms with Crippen molar-refractivity contribution in [3.05, 3.63) is 0 Å². The SMILES string of the molecule is CC(C)C1=NN=C(C(F)F)CC1C. The molecule has 1 unspecified atom stereocenters. The summed E-state index contributed by atoms with van der Waals surface area (Å²) >= 11 is 0. The third-order valence-corrected chi connectivity index (χ3v) is 2.16. The average molecular weight is 188 g/mol. The lowest BCUT2D eigenvalue weighted by Crippen LogP contribution is -2.26. The van der Waals surface area contributed by atoms with Crippen molar-refractivity contribution in [2.24, 2.45) is 22.0 Å². The summed E-state index contributed by atoms with van der Waals surface area (Å²) in [6, 6.07) is 0. The Labute approximate surface area is 76.7 Å². The van der Waals surface area contributed by atoms with Crippen LogP contribution in [0.2, 0.25) is 0 Å². The molecule has 1 atom stereocenters. The minimum Gasteiger partial charge on any atom is -0.204 e. The number of hydrogen-bond donors (Lipinski definition) is 0. The molecule has 4 heteroatoms. The number of alkyl halides is 2. The second kappa shape index (κ2) is 3.94. The second-order valence-electron chi connectivity index (χ2n) is 3.68. The van der Waals surface area contributed by atoms with Gasteiger partial charge in [-0.05, 0) is 5.92 Å². The Morgan fingerprint density at radius 2 is 1.92 bits per heavy atom. The van der Waals surface area contributed by atoms with E-state index in [1.54, 1.807) is 0 Å². The minimum atomic E-state index is -2.46. The third kappa shape index (κ3) is 2.32. The standard InChI is InChI=1S/C9H14F2N2/c1-5(2)8-6(3)4-7(9(10)11)12-13-8/h5-6,9H,4H2,1-3H3. The molecule has 1 aliphatic heterocycles. The molecule has 1 heterocycles. The third-order valence-electron chi connectivity index (χ3n) is 2.16. The smallest absolute Gasteiger partial charge is 0.204 e. The van der Waals surface area contributed by atoms with E-state index >= 15 is 0 Å². The molecule has 0 bridgehead atoms. The van der Waals surface area contributed by atoms with E-state index in [9.17, 15) is 8.78 Å². The van der Waals surface area contributed by atoms with Crippen LogP contribution in [-0.2, 0) is 0 Å². The lowest BCUT2D eigenvalue weighted by atomic mass is 9.91. The molecule has 0 aromatic heterocycles. The number of rotatable bonds is 2. The fraction of sp³-hybridized carbons (Fsp3) is 0.778. The van der Waals surface area contributed by atoms with Crippen LogP contribution in [0.1, 0.15) is 27.2 Å². The van der Waals surface area contributed by atoms with Crippen molar-refractivity contribution in [1.82, 2.24) is 0 Å². The summed E-state index contributed by atoms with van der Waals surface area (Å²) in [5.74, 6) is 0.388. The predicted molar refractivity (Wildman–Crippen MR) is 49.5 cm³/mol. The van der Waals surface area contributed by atoms with Gasteiger partial charge in [-0.15, -0.1) is 0 Å². The van der Waals surface area contributed by atoms with E-state index < -0.39 is 6.43 Å². The fourth-order valence-electron chi connectivity index (χ4n) is 1.50. The number of nitrogens with zero attached hydrogens (tertiary/aromatic N) is 2. The first-order valence-electron chi connectivity index (χ1n) is 4.44. The number of hydrogen-bond acceptors (Lipinski definition) is 2. The van der Waals surface area contributed by atoms with Crippen LogP contribution < -0.4 is 0 Å². The van der Waals surface area contributed by atoms with Crippen molar-refractivity contribution in [2.45, 2.75) is 33.6 Å². The van der Waals surface area contributed by atoms with E-state index in [0.717, 1.165) is 5.71 Å². The Kier molecular flexibility index (Phi) is 3.12. The fourth-order valence-corrected chi connectivity index (χ4v) is 1.50. The summed E-state index contributed by atoms with van der Waals surface area (Å²) in [6.07, 6.45) is -2.12. The molecule has 0 radical (unpaired) electrons. The molecule has 1 rings (SSSR count). The molecule has 0 fully saturated rings. The lowest BCUT2D eigenvalue weighted by molar-refractivity contribution is 0.221. The normalized spacial score (nSPS) is 23.5. The van der Waals surface area contributed by atoms with Crippen molar-refractivity contribution >= 4 is 11.4 Å². The van der Waals surface area contributed by atoms with Crippen LogP contribution in [0, 0.1) is 11.8 Å². The van der Waals surface area contributed by atoms with Gasteiger partial charge in [0, 0.05) is 18.1 Å². The average Bonchev–Trinajstić information content (AvgIpc) is 2.03. The maximum atomic E-state index is 12.2. The quantitative estimate of drug-likeness (QED) is 0.636. The van der Waals surface area contributed by atoms with Crippen LogP contribution in [0.3, 0.4) is 0 Å². The van der Waals surface area contributed by atoms with Gasteiger partial charge in [0.2, 0.25) is 0 Å². The molecule has 1 aliphatic rings. The summed E-state index contributed by atoms with van der Waals surface area (Å²) in [5, 5.41) is 7.37. The molecule has 2 nitrogen and oxygen atoms in total. The van der Waals surface area contributed by atoms with Gasteiger partial charge in [-0.1, -0.05) is 20.8 Å². The Bertz CT molecular complexity index is 244. The van der Waals surface area contributed by atoms with Gasteiger partial charge in [0.25, 0.3) is 6.43 Å². The first-order valence-corrected chi connectivity index (χ1v) is 4.44. The molecule has 0 aromatic carbocycles. The maximum Gasteiger partial charge on any atom is 0.278 e. The van der Waals surface area contributed by atoms with Crippen molar-refractivity contribution in [3.63, 3.8) is 0 Å². The highest BCUT2D eigenvalue weighted by Crippen LogP contribution is 2.20. The van der Waals surface area contributed by atoms with Gasteiger partial charge in [0.05, 0.1) is 0 Å². The highest BCUT2D eigenvalue weighted by Gasteiger charge is 2.25. The van der Waals surface area contributed by atoms with Gasteiger partial charge in [-0.2, -0.15) is 10.2 Å². The van der Waals surface area contributed by atoms with E-state index in [0.29, 0.717) is 6.42 Å². The van der Waals surface area contributed by atoms with Crippen LogP contribution in [-0.4, -0.2) is 17.8 Å². The van der Waals surface area contributed by atoms with Crippen LogP contribution >= 0.6 is 0 Å². The lowest BCUT2D eigenvalue weighted by Gasteiger charge is -2.20. The van der Waals surface area contributed by atoms with Crippen molar-refractivity contribution in [3.8, 4) is 0 Å². The molecular weight excluding hydrogens is 174 g/mol. The van der Waals surface area contributed by atoms with E-state index in [4.69, 9.17) is 0 Å². The van der Waals surface area contributed by atoms with Crippen LogP contribution in [0.5, 0.6) is 0 Å². The second-order valence-corrected chi connectivity index (χ2v) is 3.68. The monoisotopic (exact) mass is 188 g/mol. The predicted octanol–water partition coefficient (Wildman–Crippen LogP) is 2.74. The molecule has 74 valence electrons. The zero-order chi connectivity index (χ0) is 10.0. The summed E-state index contributed by atoms with van der Waals surface area (Å²) in [7, 11) is 0. The molecular formula is C9H14F2N2. The first-order chi connectivity index (χ1) is 6.02. The zero-order valence-electron chi connectivity index (χ0n) is 8.09. The Morgan fingerprint density at radius 1 is 1.31 bits per heavy atom. The largest absolute Gasteiger partial charge is 0.278 e. The van der Waals surface area contributed by atoms with E-state index in [2.05, 4.69) is 10.2 Å². The molecule has 13 heavy (non-hydrogen) atoms. The topological polar surface area (TPSA) is 24.7 Å². The van der Waals surface area contributed by atoms with Gasteiger partial charge in [0.1, 0.15) is 5.71 Å². The van der Waals surface area contributed by atoms with Crippen LogP contribution in [0.25, 0.3) is 0 Å². The Hall–Kier alpha value is -0.800. The minimum absolute atomic E-state index is 0.0862. The molecule has 0 spiro atoms. The highest BCUT2D eigenvalue weighted by molar-refractivity contribution is 5.98. The van der Waals surface area contributed by atoms with E-state index in [1.165, 1.54) is 0 Å². The van der Waals surface area contributed by atoms with Crippen LogP contribution in [0.15, 0.2) is 10.2 Å². The van der Waals surface area contributed by atoms with Crippen molar-refractivity contribution in [1.29, 1.82) is 0 Å². The highest BCUT2D eigenvalue weighted by atomic mass is 19.3. The van der Waals surface area contributed by atoms with Gasteiger partial charge < -0.3 is 0 Å². The molecule has 0 aromatic rings. The van der Waals surface area contributed by atoms with Gasteiger partial charge >= 0.3 is 0 Å². The molecule has 0 saturated carbocycles. The first kappa shape index (κ1) is 10.3. The molecule has 0 N–H and O–H groups in total. The summed E-state index contributed by atoms with van der Waals surface area (Å²) in [4.78, 5) is 0. The van der Waals surface area contributed by atoms with E-state index in [-0.39, 0.29) is 17.5 Å². The van der Waals surface area contributed by atoms with Crippen molar-refractivity contribution in [2.75, 3.05) is 0 Å².